The van der Waals surface area contributed by atoms with E-state index in [1.54, 1.807) is 0 Å². The van der Waals surface area contributed by atoms with Crippen LogP contribution in [0.25, 0.3) is 0 Å². The first-order valence-electron chi connectivity index (χ1n) is 4.73. The fourth-order valence-corrected chi connectivity index (χ4v) is 2.07. The van der Waals surface area contributed by atoms with Gasteiger partial charge in [-0.1, -0.05) is 22.9 Å². The van der Waals surface area contributed by atoms with E-state index in [1.165, 1.54) is 30.6 Å². The SMILES string of the molecule is O=C(Nc1cnccc1Cl)c1ccc([N+](=O)[O-])s1. The molecule has 0 aliphatic rings. The Bertz CT molecular complexity index is 614. The summed E-state index contributed by atoms with van der Waals surface area (Å²) in [4.78, 5) is 25.8. The largest absolute Gasteiger partial charge is 0.324 e. The van der Waals surface area contributed by atoms with Crippen LogP contribution in [0.3, 0.4) is 0 Å². The monoisotopic (exact) mass is 283 g/mol. The third-order valence-corrected chi connectivity index (χ3v) is 3.38. The van der Waals surface area contributed by atoms with Gasteiger partial charge in [-0.15, -0.1) is 0 Å². The van der Waals surface area contributed by atoms with Gasteiger partial charge in [0.05, 0.1) is 26.7 Å². The molecule has 0 atom stereocenters. The number of carbonyl (C=O) groups excluding carboxylic acids is 1. The van der Waals surface area contributed by atoms with Gasteiger partial charge >= 0.3 is 5.00 Å². The maximum absolute atomic E-state index is 11.8. The molecule has 0 aliphatic heterocycles. The summed E-state index contributed by atoms with van der Waals surface area (Å²) in [5.41, 5.74) is 0.361. The topological polar surface area (TPSA) is 85.1 Å². The normalized spacial score (nSPS) is 10.1. The van der Waals surface area contributed by atoms with Crippen LogP contribution >= 0.6 is 22.9 Å². The molecule has 0 aliphatic carbocycles. The van der Waals surface area contributed by atoms with Gasteiger partial charge in [0.15, 0.2) is 0 Å². The van der Waals surface area contributed by atoms with E-state index in [2.05, 4.69) is 10.3 Å². The van der Waals surface area contributed by atoms with Crippen LogP contribution < -0.4 is 5.32 Å². The number of halogens is 1. The van der Waals surface area contributed by atoms with E-state index in [4.69, 9.17) is 11.6 Å². The third-order valence-electron chi connectivity index (χ3n) is 2.01. The number of rotatable bonds is 3. The van der Waals surface area contributed by atoms with Crippen LogP contribution in [0, 0.1) is 10.1 Å². The molecule has 1 amide bonds. The second-order valence-electron chi connectivity index (χ2n) is 3.20. The summed E-state index contributed by atoms with van der Waals surface area (Å²) in [6.07, 6.45) is 2.90. The second kappa shape index (κ2) is 5.11. The van der Waals surface area contributed by atoms with Crippen LogP contribution in [0.4, 0.5) is 10.7 Å². The zero-order chi connectivity index (χ0) is 13.1. The molecule has 1 N–H and O–H groups in total. The fourth-order valence-electron chi connectivity index (χ4n) is 1.20. The Morgan fingerprint density at radius 3 is 2.83 bits per heavy atom. The second-order valence-corrected chi connectivity index (χ2v) is 4.67. The van der Waals surface area contributed by atoms with E-state index in [0.717, 1.165) is 11.3 Å². The van der Waals surface area contributed by atoms with E-state index >= 15 is 0 Å². The summed E-state index contributed by atoms with van der Waals surface area (Å²) >= 11 is 6.65. The molecule has 0 spiro atoms. The van der Waals surface area contributed by atoms with Gasteiger partial charge in [-0.25, -0.2) is 0 Å². The molecule has 2 aromatic heterocycles. The Morgan fingerprint density at radius 2 is 2.22 bits per heavy atom. The lowest BCUT2D eigenvalue weighted by molar-refractivity contribution is -0.380. The number of nitro groups is 1. The number of amides is 1. The van der Waals surface area contributed by atoms with Gasteiger partial charge in [0, 0.05) is 12.3 Å². The zero-order valence-electron chi connectivity index (χ0n) is 8.79. The first-order chi connectivity index (χ1) is 8.58. The predicted molar refractivity (Wildman–Crippen MR) is 68.2 cm³/mol. The lowest BCUT2D eigenvalue weighted by Gasteiger charge is -2.03. The predicted octanol–water partition coefficient (Wildman–Crippen LogP) is 2.96. The van der Waals surface area contributed by atoms with Crippen molar-refractivity contribution in [2.45, 2.75) is 0 Å². The number of pyridine rings is 1. The van der Waals surface area contributed by atoms with E-state index in [0.29, 0.717) is 10.7 Å². The average Bonchev–Trinajstić information content (AvgIpc) is 2.81. The molecule has 0 unspecified atom stereocenters. The number of aromatic nitrogens is 1. The standard InChI is InChI=1S/C10H6ClN3O3S/c11-6-3-4-12-5-7(6)13-10(15)8-1-2-9(18-8)14(16)17/h1-5H,(H,13,15). The van der Waals surface area contributed by atoms with Crippen molar-refractivity contribution in [1.29, 1.82) is 0 Å². The minimum Gasteiger partial charge on any atom is -0.319 e. The molecular formula is C10H6ClN3O3S. The smallest absolute Gasteiger partial charge is 0.319 e. The first-order valence-corrected chi connectivity index (χ1v) is 5.92. The molecule has 2 heterocycles. The number of hydrogen-bond acceptors (Lipinski definition) is 5. The van der Waals surface area contributed by atoms with Crippen molar-refractivity contribution in [3.63, 3.8) is 0 Å². The fraction of sp³-hybridized carbons (Fsp3) is 0. The van der Waals surface area contributed by atoms with Gasteiger partial charge < -0.3 is 5.32 Å². The third kappa shape index (κ3) is 2.63. The van der Waals surface area contributed by atoms with Crippen LogP contribution in [-0.2, 0) is 0 Å². The van der Waals surface area contributed by atoms with Crippen molar-refractivity contribution in [2.75, 3.05) is 5.32 Å². The molecule has 2 rings (SSSR count). The number of carbonyl (C=O) groups is 1. The Hall–Kier alpha value is -1.99. The van der Waals surface area contributed by atoms with Crippen molar-refractivity contribution >= 4 is 39.5 Å². The number of nitrogens with zero attached hydrogens (tertiary/aromatic N) is 2. The average molecular weight is 284 g/mol. The number of hydrogen-bond donors (Lipinski definition) is 1. The summed E-state index contributed by atoms with van der Waals surface area (Å²) in [6, 6.07) is 4.21. The van der Waals surface area contributed by atoms with Crippen molar-refractivity contribution in [1.82, 2.24) is 4.98 Å². The Labute approximate surface area is 110 Å². The quantitative estimate of drug-likeness (QED) is 0.693. The van der Waals surface area contributed by atoms with Crippen LogP contribution in [-0.4, -0.2) is 15.8 Å². The van der Waals surface area contributed by atoms with Crippen LogP contribution in [0.2, 0.25) is 5.02 Å². The lowest BCUT2D eigenvalue weighted by atomic mass is 10.4. The number of nitrogens with one attached hydrogen (secondary N) is 1. The van der Waals surface area contributed by atoms with Gasteiger partial charge in [-0.3, -0.25) is 19.9 Å². The number of anilines is 1. The van der Waals surface area contributed by atoms with E-state index in [-0.39, 0.29) is 9.88 Å². The summed E-state index contributed by atoms with van der Waals surface area (Å²) in [5, 5.41) is 13.3. The lowest BCUT2D eigenvalue weighted by Crippen LogP contribution is -2.10. The highest BCUT2D eigenvalue weighted by Crippen LogP contribution is 2.26. The zero-order valence-corrected chi connectivity index (χ0v) is 10.4. The molecule has 0 radical (unpaired) electrons. The van der Waals surface area contributed by atoms with Crippen LogP contribution in [0.1, 0.15) is 9.67 Å². The van der Waals surface area contributed by atoms with E-state index < -0.39 is 10.8 Å². The first kappa shape index (κ1) is 12.5. The van der Waals surface area contributed by atoms with Gasteiger partial charge in [-0.05, 0) is 12.1 Å². The molecule has 0 bridgehead atoms. The molecule has 0 saturated heterocycles. The summed E-state index contributed by atoms with van der Waals surface area (Å²) in [6.45, 7) is 0. The van der Waals surface area contributed by atoms with Crippen LogP contribution in [0.15, 0.2) is 30.6 Å². The highest BCUT2D eigenvalue weighted by Gasteiger charge is 2.16. The minimum atomic E-state index is -0.543. The van der Waals surface area contributed by atoms with Gasteiger partial charge in [0.2, 0.25) is 0 Å². The molecule has 0 aromatic carbocycles. The Kier molecular flexibility index (Phi) is 3.54. The van der Waals surface area contributed by atoms with Crippen molar-refractivity contribution in [3.8, 4) is 0 Å². The van der Waals surface area contributed by atoms with E-state index in [9.17, 15) is 14.9 Å². The molecule has 0 saturated carbocycles. The Balaban J connectivity index is 2.17. The molecule has 6 nitrogen and oxygen atoms in total. The highest BCUT2D eigenvalue weighted by molar-refractivity contribution is 7.17. The summed E-state index contributed by atoms with van der Waals surface area (Å²) in [5.74, 6) is -0.456. The van der Waals surface area contributed by atoms with Crippen LogP contribution in [0.5, 0.6) is 0 Å². The molecule has 2 aromatic rings. The molecular weight excluding hydrogens is 278 g/mol. The number of thiophene rings is 1. The van der Waals surface area contributed by atoms with Crippen molar-refractivity contribution in [2.24, 2.45) is 0 Å². The molecule has 18 heavy (non-hydrogen) atoms. The maximum Gasteiger partial charge on any atom is 0.324 e. The molecule has 92 valence electrons. The highest BCUT2D eigenvalue weighted by atomic mass is 35.5. The van der Waals surface area contributed by atoms with Crippen molar-refractivity contribution < 1.29 is 9.72 Å². The summed E-state index contributed by atoms with van der Waals surface area (Å²) < 4.78 is 0. The summed E-state index contributed by atoms with van der Waals surface area (Å²) in [7, 11) is 0. The van der Waals surface area contributed by atoms with E-state index in [1.807, 2.05) is 0 Å². The molecule has 8 heteroatoms. The maximum atomic E-state index is 11.8. The Morgan fingerprint density at radius 1 is 1.44 bits per heavy atom. The molecule has 0 fully saturated rings. The van der Waals surface area contributed by atoms with Gasteiger partial charge in [0.25, 0.3) is 5.91 Å². The van der Waals surface area contributed by atoms with Crippen molar-refractivity contribution in [3.05, 3.63) is 50.6 Å². The minimum absolute atomic E-state index is 0.0857. The van der Waals surface area contributed by atoms with Gasteiger partial charge in [0.1, 0.15) is 0 Å². The van der Waals surface area contributed by atoms with Gasteiger partial charge in [-0.2, -0.15) is 0 Å².